The van der Waals surface area contributed by atoms with Gasteiger partial charge in [-0.05, 0) is 39.2 Å². The van der Waals surface area contributed by atoms with Gasteiger partial charge in [-0.1, -0.05) is 30.3 Å². The first-order valence-electron chi connectivity index (χ1n) is 9.47. The summed E-state index contributed by atoms with van der Waals surface area (Å²) < 4.78 is 11.0. The summed E-state index contributed by atoms with van der Waals surface area (Å²) in [4.78, 5) is 28.6. The molecule has 0 aliphatic carbocycles. The quantitative estimate of drug-likeness (QED) is 0.859. The van der Waals surface area contributed by atoms with Crippen LogP contribution in [0.4, 0.5) is 9.59 Å². The van der Waals surface area contributed by atoms with Crippen molar-refractivity contribution in [2.75, 3.05) is 13.1 Å². The number of fused-ring (bicyclic) bond motifs is 1. The SMILES string of the molecule is CC(C)(C)OC(=O)N1C[C@H](N)C[C@H]2[C@@H]1CCN2C(=O)OCc1ccccc1. The summed E-state index contributed by atoms with van der Waals surface area (Å²) in [5.41, 5.74) is 6.56. The maximum Gasteiger partial charge on any atom is 0.410 e. The van der Waals surface area contributed by atoms with Crippen LogP contribution in [-0.4, -0.2) is 58.8 Å². The molecule has 2 aliphatic heterocycles. The number of carbonyl (C=O) groups is 2. The molecule has 0 unspecified atom stereocenters. The number of ether oxygens (including phenoxy) is 2. The van der Waals surface area contributed by atoms with E-state index in [1.165, 1.54) is 0 Å². The number of amides is 2. The lowest BCUT2D eigenvalue weighted by Gasteiger charge is -2.42. The van der Waals surface area contributed by atoms with E-state index < -0.39 is 5.60 Å². The molecule has 2 fully saturated rings. The van der Waals surface area contributed by atoms with Crippen LogP contribution in [0.15, 0.2) is 30.3 Å². The number of nitrogens with two attached hydrogens (primary N) is 1. The largest absolute Gasteiger partial charge is 0.445 e. The minimum atomic E-state index is -0.568. The van der Waals surface area contributed by atoms with Crippen molar-refractivity contribution in [3.63, 3.8) is 0 Å². The third kappa shape index (κ3) is 4.71. The monoisotopic (exact) mass is 375 g/mol. The molecule has 7 nitrogen and oxygen atoms in total. The van der Waals surface area contributed by atoms with Crippen LogP contribution < -0.4 is 5.73 Å². The fourth-order valence-corrected chi connectivity index (χ4v) is 3.82. The third-order valence-electron chi connectivity index (χ3n) is 4.95. The highest BCUT2D eigenvalue weighted by atomic mass is 16.6. The van der Waals surface area contributed by atoms with Crippen LogP contribution in [0.3, 0.4) is 0 Å². The molecule has 1 aromatic carbocycles. The summed E-state index contributed by atoms with van der Waals surface area (Å²) in [6.07, 6.45) is 0.637. The first-order chi connectivity index (χ1) is 12.7. The molecule has 1 aromatic rings. The van der Waals surface area contributed by atoms with Gasteiger partial charge in [0.15, 0.2) is 0 Å². The molecule has 27 heavy (non-hydrogen) atoms. The minimum absolute atomic E-state index is 0.0797. The second-order valence-corrected chi connectivity index (χ2v) is 8.29. The topological polar surface area (TPSA) is 85.1 Å². The number of hydrogen-bond acceptors (Lipinski definition) is 5. The molecule has 7 heteroatoms. The van der Waals surface area contributed by atoms with Gasteiger partial charge in [-0.25, -0.2) is 9.59 Å². The normalized spacial score (nSPS) is 25.1. The Hall–Kier alpha value is -2.28. The number of benzene rings is 1. The molecule has 0 spiro atoms. The Labute approximate surface area is 160 Å². The van der Waals surface area contributed by atoms with E-state index in [4.69, 9.17) is 15.2 Å². The van der Waals surface area contributed by atoms with E-state index in [1.807, 2.05) is 51.1 Å². The van der Waals surface area contributed by atoms with E-state index in [9.17, 15) is 9.59 Å². The van der Waals surface area contributed by atoms with Crippen molar-refractivity contribution < 1.29 is 19.1 Å². The van der Waals surface area contributed by atoms with Gasteiger partial charge in [0.2, 0.25) is 0 Å². The van der Waals surface area contributed by atoms with E-state index in [2.05, 4.69) is 0 Å². The molecule has 2 N–H and O–H groups in total. The molecule has 148 valence electrons. The average molecular weight is 375 g/mol. The number of rotatable bonds is 2. The summed E-state index contributed by atoms with van der Waals surface area (Å²) in [5.74, 6) is 0. The Balaban J connectivity index is 1.65. The van der Waals surface area contributed by atoms with E-state index in [-0.39, 0.29) is 36.9 Å². The summed E-state index contributed by atoms with van der Waals surface area (Å²) in [7, 11) is 0. The molecule has 2 saturated heterocycles. The fourth-order valence-electron chi connectivity index (χ4n) is 3.82. The zero-order chi connectivity index (χ0) is 19.6. The van der Waals surface area contributed by atoms with Crippen LogP contribution in [0.1, 0.15) is 39.2 Å². The van der Waals surface area contributed by atoms with Gasteiger partial charge in [-0.15, -0.1) is 0 Å². The van der Waals surface area contributed by atoms with Crippen molar-refractivity contribution >= 4 is 12.2 Å². The first-order valence-corrected chi connectivity index (χ1v) is 9.47. The van der Waals surface area contributed by atoms with Gasteiger partial charge in [-0.2, -0.15) is 0 Å². The second kappa shape index (κ2) is 7.76. The van der Waals surface area contributed by atoms with Gasteiger partial charge in [0.25, 0.3) is 0 Å². The van der Waals surface area contributed by atoms with Gasteiger partial charge in [0.05, 0.1) is 12.1 Å². The lowest BCUT2D eigenvalue weighted by molar-refractivity contribution is -0.000331. The molecular formula is C20H29N3O4. The Bertz CT molecular complexity index is 674. The second-order valence-electron chi connectivity index (χ2n) is 8.29. The molecule has 2 amide bonds. The van der Waals surface area contributed by atoms with Crippen molar-refractivity contribution in [2.24, 2.45) is 5.73 Å². The number of likely N-dealkylation sites (tertiary alicyclic amines) is 2. The standard InChI is InChI=1S/C20H29N3O4/c1-20(2,3)27-19(25)23-12-15(21)11-17-16(23)9-10-22(17)18(24)26-13-14-7-5-4-6-8-14/h4-8,15-17H,9-13,21H2,1-3H3/t15-,16+,17+/m1/s1. The average Bonchev–Trinajstić information content (AvgIpc) is 3.02. The summed E-state index contributed by atoms with van der Waals surface area (Å²) in [5, 5.41) is 0. The number of nitrogens with zero attached hydrogens (tertiary/aromatic N) is 2. The lowest BCUT2D eigenvalue weighted by atomic mass is 9.94. The van der Waals surface area contributed by atoms with Crippen molar-refractivity contribution in [1.82, 2.24) is 9.80 Å². The van der Waals surface area contributed by atoms with Crippen molar-refractivity contribution in [3.05, 3.63) is 35.9 Å². The van der Waals surface area contributed by atoms with Crippen molar-refractivity contribution in [2.45, 2.75) is 63.9 Å². The number of piperidine rings is 1. The molecule has 3 atom stereocenters. The number of carbonyl (C=O) groups excluding carboxylic acids is 2. The van der Waals surface area contributed by atoms with Crippen LogP contribution in [0.5, 0.6) is 0 Å². The van der Waals surface area contributed by atoms with Crippen LogP contribution in [-0.2, 0) is 16.1 Å². The van der Waals surface area contributed by atoms with E-state index in [0.29, 0.717) is 25.9 Å². The molecule has 0 radical (unpaired) electrons. The summed E-state index contributed by atoms with van der Waals surface area (Å²) >= 11 is 0. The van der Waals surface area contributed by atoms with E-state index >= 15 is 0 Å². The minimum Gasteiger partial charge on any atom is -0.445 e. The van der Waals surface area contributed by atoms with Crippen molar-refractivity contribution in [3.8, 4) is 0 Å². The molecule has 0 saturated carbocycles. The summed E-state index contributed by atoms with van der Waals surface area (Å²) in [6, 6.07) is 9.17. The van der Waals surface area contributed by atoms with E-state index in [0.717, 1.165) is 5.56 Å². The van der Waals surface area contributed by atoms with Crippen molar-refractivity contribution in [1.29, 1.82) is 0 Å². The zero-order valence-corrected chi connectivity index (χ0v) is 16.3. The van der Waals surface area contributed by atoms with Crippen LogP contribution in [0.25, 0.3) is 0 Å². The fraction of sp³-hybridized carbons (Fsp3) is 0.600. The van der Waals surface area contributed by atoms with Crippen LogP contribution >= 0.6 is 0 Å². The molecule has 0 bridgehead atoms. The Morgan fingerprint density at radius 1 is 1.11 bits per heavy atom. The van der Waals surface area contributed by atoms with Gasteiger partial charge in [-0.3, -0.25) is 0 Å². The predicted molar refractivity (Wildman–Crippen MR) is 101 cm³/mol. The Morgan fingerprint density at radius 2 is 1.81 bits per heavy atom. The van der Waals surface area contributed by atoms with E-state index in [1.54, 1.807) is 9.80 Å². The van der Waals surface area contributed by atoms with Gasteiger partial charge in [0.1, 0.15) is 12.2 Å². The predicted octanol–water partition coefficient (Wildman–Crippen LogP) is 2.73. The highest BCUT2D eigenvalue weighted by Gasteiger charge is 2.47. The highest BCUT2D eigenvalue weighted by Crippen LogP contribution is 2.32. The molecule has 2 aliphatic rings. The lowest BCUT2D eigenvalue weighted by Crippen LogP contribution is -2.59. The maximum atomic E-state index is 12.6. The van der Waals surface area contributed by atoms with Crippen LogP contribution in [0.2, 0.25) is 0 Å². The maximum absolute atomic E-state index is 12.6. The highest BCUT2D eigenvalue weighted by molar-refractivity contribution is 5.71. The third-order valence-corrected chi connectivity index (χ3v) is 4.95. The van der Waals surface area contributed by atoms with Gasteiger partial charge in [0, 0.05) is 19.1 Å². The van der Waals surface area contributed by atoms with Crippen LogP contribution in [0, 0.1) is 0 Å². The smallest absolute Gasteiger partial charge is 0.410 e. The number of hydrogen-bond donors (Lipinski definition) is 1. The molecule has 3 rings (SSSR count). The Morgan fingerprint density at radius 3 is 2.48 bits per heavy atom. The molecule has 2 heterocycles. The summed E-state index contributed by atoms with van der Waals surface area (Å²) in [6.45, 7) is 6.75. The zero-order valence-electron chi connectivity index (χ0n) is 16.3. The first kappa shape index (κ1) is 19.5. The van der Waals surface area contributed by atoms with Gasteiger partial charge < -0.3 is 25.0 Å². The molecular weight excluding hydrogens is 346 g/mol. The van der Waals surface area contributed by atoms with Gasteiger partial charge >= 0.3 is 12.2 Å². The molecule has 0 aromatic heterocycles. The Kier molecular flexibility index (Phi) is 5.60.